The molecule has 0 saturated heterocycles. The highest BCUT2D eigenvalue weighted by atomic mass is 15.3. The Morgan fingerprint density at radius 3 is 2.74 bits per heavy atom. The quantitative estimate of drug-likeness (QED) is 0.703. The van der Waals surface area contributed by atoms with Crippen molar-refractivity contribution in [1.29, 1.82) is 0 Å². The molecule has 2 heterocycles. The molecule has 4 nitrogen and oxygen atoms in total. The molecule has 4 heteroatoms. The van der Waals surface area contributed by atoms with Crippen molar-refractivity contribution < 1.29 is 0 Å². The molecule has 0 amide bonds. The maximum Gasteiger partial charge on any atom is 0.165 e. The lowest BCUT2D eigenvalue weighted by atomic mass is 10.1. The van der Waals surface area contributed by atoms with Crippen LogP contribution in [-0.4, -0.2) is 28.7 Å². The molecule has 0 unspecified atom stereocenters. The van der Waals surface area contributed by atoms with Crippen molar-refractivity contribution >= 4 is 11.5 Å². The summed E-state index contributed by atoms with van der Waals surface area (Å²) >= 11 is 0. The van der Waals surface area contributed by atoms with Gasteiger partial charge in [0.05, 0.1) is 6.20 Å². The van der Waals surface area contributed by atoms with Gasteiger partial charge in [0.15, 0.2) is 5.65 Å². The van der Waals surface area contributed by atoms with E-state index < -0.39 is 0 Å². The molecule has 0 aliphatic heterocycles. The summed E-state index contributed by atoms with van der Waals surface area (Å²) in [6.07, 6.45) is 3.70. The van der Waals surface area contributed by atoms with Gasteiger partial charge < -0.3 is 4.90 Å². The van der Waals surface area contributed by atoms with E-state index in [0.29, 0.717) is 0 Å². The van der Waals surface area contributed by atoms with Crippen LogP contribution in [-0.2, 0) is 0 Å². The van der Waals surface area contributed by atoms with Crippen molar-refractivity contribution in [3.63, 3.8) is 0 Å². The molecule has 0 bridgehead atoms. The summed E-state index contributed by atoms with van der Waals surface area (Å²) in [6, 6.07) is 10.4. The average Bonchev–Trinajstić information content (AvgIpc) is 2.82. The Labute approximate surface area is 112 Å². The molecule has 0 aliphatic rings. The van der Waals surface area contributed by atoms with Gasteiger partial charge in [0, 0.05) is 25.9 Å². The normalized spacial score (nSPS) is 10.9. The largest absolute Gasteiger partial charge is 0.363 e. The third kappa shape index (κ3) is 1.95. The molecule has 2 aromatic heterocycles. The van der Waals surface area contributed by atoms with Gasteiger partial charge >= 0.3 is 0 Å². The topological polar surface area (TPSA) is 33.4 Å². The molecule has 0 saturated carbocycles. The van der Waals surface area contributed by atoms with Gasteiger partial charge in [0.25, 0.3) is 0 Å². The molecule has 19 heavy (non-hydrogen) atoms. The van der Waals surface area contributed by atoms with E-state index in [1.807, 2.05) is 42.0 Å². The Kier molecular flexibility index (Phi) is 2.71. The molecule has 3 aromatic rings. The molecule has 0 aliphatic carbocycles. The van der Waals surface area contributed by atoms with E-state index in [9.17, 15) is 0 Å². The number of hydrogen-bond donors (Lipinski definition) is 0. The summed E-state index contributed by atoms with van der Waals surface area (Å²) < 4.78 is 1.87. The summed E-state index contributed by atoms with van der Waals surface area (Å²) in [5, 5.41) is 4.46. The van der Waals surface area contributed by atoms with Gasteiger partial charge in [-0.1, -0.05) is 29.8 Å². The second kappa shape index (κ2) is 4.39. The summed E-state index contributed by atoms with van der Waals surface area (Å²) in [6.45, 7) is 2.09. The number of fused-ring (bicyclic) bond motifs is 1. The second-order valence-electron chi connectivity index (χ2n) is 4.86. The zero-order valence-corrected chi connectivity index (χ0v) is 11.3. The monoisotopic (exact) mass is 252 g/mol. The van der Waals surface area contributed by atoms with Crippen molar-refractivity contribution in [1.82, 2.24) is 14.6 Å². The average molecular weight is 252 g/mol. The van der Waals surface area contributed by atoms with Gasteiger partial charge in [-0.3, -0.25) is 0 Å². The smallest absolute Gasteiger partial charge is 0.165 e. The first-order chi connectivity index (χ1) is 9.16. The number of aryl methyl sites for hydroxylation is 1. The minimum atomic E-state index is 0.886. The zero-order valence-electron chi connectivity index (χ0n) is 11.3. The lowest BCUT2D eigenvalue weighted by molar-refractivity contribution is 0.896. The Hall–Kier alpha value is -2.36. The molecule has 0 N–H and O–H groups in total. The van der Waals surface area contributed by atoms with E-state index in [0.717, 1.165) is 22.6 Å². The van der Waals surface area contributed by atoms with Crippen LogP contribution in [0, 0.1) is 6.92 Å². The summed E-state index contributed by atoms with van der Waals surface area (Å²) in [5.41, 5.74) is 4.34. The van der Waals surface area contributed by atoms with Crippen LogP contribution < -0.4 is 4.90 Å². The molecular formula is C15H16N4. The number of rotatable bonds is 2. The van der Waals surface area contributed by atoms with Crippen LogP contribution in [0.4, 0.5) is 5.82 Å². The lowest BCUT2D eigenvalue weighted by Crippen LogP contribution is -2.13. The summed E-state index contributed by atoms with van der Waals surface area (Å²) in [5.74, 6) is 1.02. The molecule has 0 fully saturated rings. The highest BCUT2D eigenvalue weighted by Gasteiger charge is 2.11. The van der Waals surface area contributed by atoms with Gasteiger partial charge in [-0.05, 0) is 18.6 Å². The molecule has 1 aromatic carbocycles. The first-order valence-corrected chi connectivity index (χ1v) is 6.24. The Bertz CT molecular complexity index is 728. The predicted octanol–water partition coefficient (Wildman–Crippen LogP) is 2.77. The van der Waals surface area contributed by atoms with E-state index in [2.05, 4.69) is 41.3 Å². The standard InChI is InChI=1S/C15H16N4/c1-11-5-4-6-12(9-11)13-10-17-19-14(18(2)3)7-8-16-15(13)19/h4-10H,1-3H3. The highest BCUT2D eigenvalue weighted by molar-refractivity contribution is 5.78. The van der Waals surface area contributed by atoms with Crippen LogP contribution in [0.3, 0.4) is 0 Å². The van der Waals surface area contributed by atoms with Gasteiger partial charge in [0.1, 0.15) is 5.82 Å². The Morgan fingerprint density at radius 2 is 2.00 bits per heavy atom. The summed E-state index contributed by atoms with van der Waals surface area (Å²) in [7, 11) is 4.01. The number of hydrogen-bond acceptors (Lipinski definition) is 3. The van der Waals surface area contributed by atoms with Gasteiger partial charge in [-0.2, -0.15) is 9.61 Å². The predicted molar refractivity (Wildman–Crippen MR) is 77.5 cm³/mol. The van der Waals surface area contributed by atoms with Crippen LogP contribution >= 0.6 is 0 Å². The Balaban J connectivity index is 2.24. The number of nitrogens with zero attached hydrogens (tertiary/aromatic N) is 4. The maximum atomic E-state index is 4.46. The van der Waals surface area contributed by atoms with E-state index in [1.165, 1.54) is 5.56 Å². The minimum absolute atomic E-state index is 0.886. The van der Waals surface area contributed by atoms with E-state index in [1.54, 1.807) is 0 Å². The first kappa shape index (κ1) is 11.7. The lowest BCUT2D eigenvalue weighted by Gasteiger charge is -2.13. The second-order valence-corrected chi connectivity index (χ2v) is 4.86. The first-order valence-electron chi connectivity index (χ1n) is 6.24. The fourth-order valence-electron chi connectivity index (χ4n) is 2.23. The van der Waals surface area contributed by atoms with Crippen molar-refractivity contribution in [3.05, 3.63) is 48.3 Å². The molecule has 3 rings (SSSR count). The molecule has 0 radical (unpaired) electrons. The molecular weight excluding hydrogens is 236 g/mol. The number of aromatic nitrogens is 3. The third-order valence-electron chi connectivity index (χ3n) is 3.17. The SMILES string of the molecule is Cc1cccc(-c2cnn3c(N(C)C)ccnc23)c1. The zero-order chi connectivity index (χ0) is 13.4. The molecule has 96 valence electrons. The molecule has 0 atom stereocenters. The van der Waals surface area contributed by atoms with Crippen molar-refractivity contribution in [2.45, 2.75) is 6.92 Å². The fourth-order valence-corrected chi connectivity index (χ4v) is 2.23. The van der Waals surface area contributed by atoms with Crippen molar-refractivity contribution in [2.24, 2.45) is 0 Å². The van der Waals surface area contributed by atoms with E-state index in [-0.39, 0.29) is 0 Å². The van der Waals surface area contributed by atoms with Gasteiger partial charge in [0.2, 0.25) is 0 Å². The van der Waals surface area contributed by atoms with Crippen LogP contribution in [0.5, 0.6) is 0 Å². The maximum absolute atomic E-state index is 4.46. The third-order valence-corrected chi connectivity index (χ3v) is 3.17. The van der Waals surface area contributed by atoms with Crippen molar-refractivity contribution in [2.75, 3.05) is 19.0 Å². The summed E-state index contributed by atoms with van der Waals surface area (Å²) in [4.78, 5) is 6.49. The van der Waals surface area contributed by atoms with Crippen LogP contribution in [0.15, 0.2) is 42.7 Å². The van der Waals surface area contributed by atoms with E-state index in [4.69, 9.17) is 0 Å². The van der Waals surface area contributed by atoms with Gasteiger partial charge in [-0.25, -0.2) is 4.98 Å². The van der Waals surface area contributed by atoms with Crippen molar-refractivity contribution in [3.8, 4) is 11.1 Å². The van der Waals surface area contributed by atoms with Crippen LogP contribution in [0.25, 0.3) is 16.8 Å². The van der Waals surface area contributed by atoms with Crippen LogP contribution in [0.1, 0.15) is 5.56 Å². The molecule has 0 spiro atoms. The van der Waals surface area contributed by atoms with Crippen LogP contribution in [0.2, 0.25) is 0 Å². The van der Waals surface area contributed by atoms with E-state index >= 15 is 0 Å². The minimum Gasteiger partial charge on any atom is -0.363 e. The van der Waals surface area contributed by atoms with Gasteiger partial charge in [-0.15, -0.1) is 0 Å². The fraction of sp³-hybridized carbons (Fsp3) is 0.200. The number of anilines is 1. The highest BCUT2D eigenvalue weighted by Crippen LogP contribution is 2.25. The Morgan fingerprint density at radius 1 is 1.16 bits per heavy atom. The number of benzene rings is 1.